The number of anilines is 1. The van der Waals surface area contributed by atoms with Gasteiger partial charge in [-0.25, -0.2) is 8.42 Å². The first-order valence-electron chi connectivity index (χ1n) is 6.64. The molecule has 0 aliphatic carbocycles. The number of hydrogen-bond donors (Lipinski definition) is 2. The van der Waals surface area contributed by atoms with Crippen LogP contribution in [0.15, 0.2) is 41.3 Å². The molecule has 0 aliphatic rings. The summed E-state index contributed by atoms with van der Waals surface area (Å²) in [7, 11) is -0.914. The smallest absolute Gasteiger partial charge is 0.262 e. The van der Waals surface area contributed by atoms with Crippen molar-refractivity contribution in [1.29, 1.82) is 0 Å². The lowest BCUT2D eigenvalue weighted by atomic mass is 10.2. The molecule has 0 spiro atoms. The molecule has 124 valence electrons. The van der Waals surface area contributed by atoms with E-state index in [1.54, 1.807) is 12.1 Å². The fourth-order valence-electron chi connectivity index (χ4n) is 1.95. The number of hydrogen-bond acceptors (Lipinski definition) is 5. The Morgan fingerprint density at radius 1 is 1.09 bits per heavy atom. The quantitative estimate of drug-likeness (QED) is 0.830. The molecule has 0 atom stereocenters. The Bertz CT molecular complexity index is 792. The molecular formula is C15H17ClN2O4S. The van der Waals surface area contributed by atoms with Gasteiger partial charge in [0.05, 0.1) is 29.8 Å². The molecule has 0 amide bonds. The van der Waals surface area contributed by atoms with E-state index in [-0.39, 0.29) is 16.3 Å². The van der Waals surface area contributed by atoms with Crippen molar-refractivity contribution < 1.29 is 17.9 Å². The number of methoxy groups -OCH3 is 2. The largest absolute Gasteiger partial charge is 0.495 e. The van der Waals surface area contributed by atoms with Gasteiger partial charge in [-0.05, 0) is 17.7 Å². The third-order valence-electron chi connectivity index (χ3n) is 3.19. The summed E-state index contributed by atoms with van der Waals surface area (Å²) < 4.78 is 37.7. The zero-order valence-electron chi connectivity index (χ0n) is 12.7. The van der Waals surface area contributed by atoms with E-state index in [9.17, 15) is 8.42 Å². The van der Waals surface area contributed by atoms with Crippen LogP contribution in [-0.2, 0) is 16.6 Å². The Kier molecular flexibility index (Phi) is 5.35. The van der Waals surface area contributed by atoms with Crippen LogP contribution in [-0.4, -0.2) is 22.6 Å². The van der Waals surface area contributed by atoms with E-state index >= 15 is 0 Å². The maximum atomic E-state index is 12.5. The monoisotopic (exact) mass is 356 g/mol. The molecule has 2 aromatic carbocycles. The van der Waals surface area contributed by atoms with Gasteiger partial charge in [-0.1, -0.05) is 23.7 Å². The van der Waals surface area contributed by atoms with Crippen molar-refractivity contribution in [2.24, 2.45) is 5.73 Å². The minimum atomic E-state index is -3.78. The maximum absolute atomic E-state index is 12.5. The zero-order chi connectivity index (χ0) is 17.0. The maximum Gasteiger partial charge on any atom is 0.262 e. The molecule has 0 radical (unpaired) electrons. The number of ether oxygens (including phenoxy) is 2. The van der Waals surface area contributed by atoms with Crippen molar-refractivity contribution in [2.75, 3.05) is 18.9 Å². The molecule has 8 heteroatoms. The van der Waals surface area contributed by atoms with E-state index in [1.165, 1.54) is 38.5 Å². The number of nitrogens with one attached hydrogen (secondary N) is 1. The van der Waals surface area contributed by atoms with Crippen molar-refractivity contribution in [3.63, 3.8) is 0 Å². The topological polar surface area (TPSA) is 90.7 Å². The van der Waals surface area contributed by atoms with Gasteiger partial charge in [0.25, 0.3) is 10.0 Å². The van der Waals surface area contributed by atoms with Crippen LogP contribution in [0.5, 0.6) is 11.5 Å². The molecule has 2 rings (SSSR count). The van der Waals surface area contributed by atoms with Gasteiger partial charge in [-0.3, -0.25) is 4.72 Å². The van der Waals surface area contributed by atoms with E-state index in [2.05, 4.69) is 4.72 Å². The highest BCUT2D eigenvalue weighted by Crippen LogP contribution is 2.36. The molecule has 0 unspecified atom stereocenters. The van der Waals surface area contributed by atoms with Gasteiger partial charge in [-0.15, -0.1) is 0 Å². The molecule has 0 heterocycles. The molecule has 23 heavy (non-hydrogen) atoms. The summed E-state index contributed by atoms with van der Waals surface area (Å²) in [5.74, 6) is 0.626. The van der Waals surface area contributed by atoms with E-state index in [4.69, 9.17) is 26.8 Å². The molecule has 0 saturated heterocycles. The summed E-state index contributed by atoms with van der Waals surface area (Å²) in [4.78, 5) is 0.116. The Hall–Kier alpha value is -1.96. The van der Waals surface area contributed by atoms with Crippen molar-refractivity contribution in [3.8, 4) is 11.5 Å². The van der Waals surface area contributed by atoms with Gasteiger partial charge < -0.3 is 15.2 Å². The van der Waals surface area contributed by atoms with E-state index < -0.39 is 10.0 Å². The van der Waals surface area contributed by atoms with Gasteiger partial charge in [0.15, 0.2) is 0 Å². The molecule has 2 aromatic rings. The van der Waals surface area contributed by atoms with Crippen LogP contribution in [0.4, 0.5) is 5.69 Å². The van der Waals surface area contributed by atoms with Crippen LogP contribution in [0.1, 0.15) is 5.56 Å². The lowest BCUT2D eigenvalue weighted by Gasteiger charge is -2.14. The fraction of sp³-hybridized carbons (Fsp3) is 0.200. The van der Waals surface area contributed by atoms with Gasteiger partial charge in [-0.2, -0.15) is 0 Å². The van der Waals surface area contributed by atoms with Crippen LogP contribution >= 0.6 is 11.6 Å². The van der Waals surface area contributed by atoms with Crippen LogP contribution in [0.25, 0.3) is 0 Å². The molecule has 6 nitrogen and oxygen atoms in total. The van der Waals surface area contributed by atoms with Crippen molar-refractivity contribution in [1.82, 2.24) is 0 Å². The van der Waals surface area contributed by atoms with Crippen LogP contribution in [0.3, 0.4) is 0 Å². The third kappa shape index (κ3) is 3.87. The van der Waals surface area contributed by atoms with E-state index in [1.807, 2.05) is 0 Å². The first kappa shape index (κ1) is 17.4. The summed E-state index contributed by atoms with van der Waals surface area (Å²) in [5.41, 5.74) is 6.58. The van der Waals surface area contributed by atoms with E-state index in [0.717, 1.165) is 5.56 Å². The molecular weight excluding hydrogens is 340 g/mol. The lowest BCUT2D eigenvalue weighted by Crippen LogP contribution is -2.14. The normalized spacial score (nSPS) is 11.1. The summed E-state index contributed by atoms with van der Waals surface area (Å²) in [6, 6.07) is 9.25. The van der Waals surface area contributed by atoms with E-state index in [0.29, 0.717) is 17.3 Å². The SMILES string of the molecule is COc1cc(NS(=O)(=O)c2ccc(CN)cc2)c(OC)cc1Cl. The molecule has 0 saturated carbocycles. The minimum absolute atomic E-state index is 0.116. The third-order valence-corrected chi connectivity index (χ3v) is 4.86. The van der Waals surface area contributed by atoms with Crippen molar-refractivity contribution in [3.05, 3.63) is 47.0 Å². The average molecular weight is 357 g/mol. The van der Waals surface area contributed by atoms with Crippen molar-refractivity contribution in [2.45, 2.75) is 11.4 Å². The van der Waals surface area contributed by atoms with Crippen molar-refractivity contribution >= 4 is 27.3 Å². The summed E-state index contributed by atoms with van der Waals surface area (Å²) in [6.45, 7) is 0.343. The highest BCUT2D eigenvalue weighted by molar-refractivity contribution is 7.92. The fourth-order valence-corrected chi connectivity index (χ4v) is 3.24. The van der Waals surface area contributed by atoms with Gasteiger partial charge in [0.2, 0.25) is 0 Å². The second kappa shape index (κ2) is 7.08. The molecule has 0 bridgehead atoms. The lowest BCUT2D eigenvalue weighted by molar-refractivity contribution is 0.405. The Balaban J connectivity index is 2.39. The highest BCUT2D eigenvalue weighted by Gasteiger charge is 2.18. The van der Waals surface area contributed by atoms with Crippen LogP contribution in [0.2, 0.25) is 5.02 Å². The minimum Gasteiger partial charge on any atom is -0.495 e. The Morgan fingerprint density at radius 2 is 1.70 bits per heavy atom. The predicted molar refractivity (Wildman–Crippen MR) is 89.7 cm³/mol. The number of rotatable bonds is 6. The molecule has 0 aliphatic heterocycles. The zero-order valence-corrected chi connectivity index (χ0v) is 14.2. The second-order valence-electron chi connectivity index (χ2n) is 4.64. The average Bonchev–Trinajstić information content (AvgIpc) is 2.55. The first-order chi connectivity index (χ1) is 10.9. The highest BCUT2D eigenvalue weighted by atomic mass is 35.5. The van der Waals surface area contributed by atoms with Gasteiger partial charge >= 0.3 is 0 Å². The standard InChI is InChI=1S/C15H17ClN2O4S/c1-21-14-8-13(15(22-2)7-12(14)16)18-23(19,20)11-5-3-10(9-17)4-6-11/h3-8,18H,9,17H2,1-2H3. The number of sulfonamides is 1. The summed E-state index contributed by atoms with van der Waals surface area (Å²) in [6.07, 6.45) is 0. The molecule has 0 aromatic heterocycles. The molecule has 0 fully saturated rings. The Labute approximate surface area is 140 Å². The molecule has 3 N–H and O–H groups in total. The summed E-state index contributed by atoms with van der Waals surface area (Å²) >= 11 is 6.01. The number of benzene rings is 2. The van der Waals surface area contributed by atoms with Crippen LogP contribution < -0.4 is 19.9 Å². The second-order valence-corrected chi connectivity index (χ2v) is 6.73. The van der Waals surface area contributed by atoms with Gasteiger partial charge in [0, 0.05) is 18.7 Å². The number of nitrogens with two attached hydrogens (primary N) is 1. The van der Waals surface area contributed by atoms with Gasteiger partial charge in [0.1, 0.15) is 11.5 Å². The predicted octanol–water partition coefficient (Wildman–Crippen LogP) is 2.62. The summed E-state index contributed by atoms with van der Waals surface area (Å²) in [5, 5.41) is 0.319. The first-order valence-corrected chi connectivity index (χ1v) is 8.50. The van der Waals surface area contributed by atoms with Crippen LogP contribution in [0, 0.1) is 0 Å². The Morgan fingerprint density at radius 3 is 2.22 bits per heavy atom. The number of halogens is 1.